The van der Waals surface area contributed by atoms with Crippen LogP contribution in [0.25, 0.3) is 0 Å². The van der Waals surface area contributed by atoms with Gasteiger partial charge in [0, 0.05) is 32.0 Å². The second-order valence-electron chi connectivity index (χ2n) is 6.31. The maximum absolute atomic E-state index is 12.5. The SMILES string of the molecule is CC(C)C[C@@H](NC(=O)N1CCOCC1)C(=O)NCc1cccnc1. The zero-order valence-electron chi connectivity index (χ0n) is 14.3. The molecular formula is C17H26N4O3. The van der Waals surface area contributed by atoms with Gasteiger partial charge in [0.25, 0.3) is 0 Å². The molecule has 1 aromatic rings. The molecule has 1 aromatic heterocycles. The lowest BCUT2D eigenvalue weighted by Gasteiger charge is -2.29. The van der Waals surface area contributed by atoms with Gasteiger partial charge in [0.05, 0.1) is 13.2 Å². The van der Waals surface area contributed by atoms with Crippen molar-refractivity contribution in [1.82, 2.24) is 20.5 Å². The molecule has 0 aliphatic carbocycles. The highest BCUT2D eigenvalue weighted by Crippen LogP contribution is 2.07. The van der Waals surface area contributed by atoms with E-state index in [2.05, 4.69) is 15.6 Å². The van der Waals surface area contributed by atoms with Crippen LogP contribution in [-0.2, 0) is 16.1 Å². The molecule has 1 atom stereocenters. The third-order valence-corrected chi connectivity index (χ3v) is 3.81. The first-order valence-electron chi connectivity index (χ1n) is 8.36. The second-order valence-corrected chi connectivity index (χ2v) is 6.31. The highest BCUT2D eigenvalue weighted by atomic mass is 16.5. The molecule has 0 aromatic carbocycles. The molecule has 7 nitrogen and oxygen atoms in total. The molecule has 7 heteroatoms. The number of hydrogen-bond acceptors (Lipinski definition) is 4. The van der Waals surface area contributed by atoms with Crippen LogP contribution in [0.15, 0.2) is 24.5 Å². The van der Waals surface area contributed by atoms with E-state index in [1.807, 2.05) is 26.0 Å². The first-order valence-corrected chi connectivity index (χ1v) is 8.36. The van der Waals surface area contributed by atoms with E-state index in [1.165, 1.54) is 0 Å². The number of pyridine rings is 1. The van der Waals surface area contributed by atoms with Crippen molar-refractivity contribution in [2.45, 2.75) is 32.9 Å². The van der Waals surface area contributed by atoms with Crippen molar-refractivity contribution in [3.63, 3.8) is 0 Å². The first-order chi connectivity index (χ1) is 11.6. The monoisotopic (exact) mass is 334 g/mol. The predicted molar refractivity (Wildman–Crippen MR) is 90.3 cm³/mol. The quantitative estimate of drug-likeness (QED) is 0.817. The van der Waals surface area contributed by atoms with Crippen molar-refractivity contribution < 1.29 is 14.3 Å². The summed E-state index contributed by atoms with van der Waals surface area (Å²) in [5, 5.41) is 5.73. The van der Waals surface area contributed by atoms with Gasteiger partial charge >= 0.3 is 6.03 Å². The lowest BCUT2D eigenvalue weighted by molar-refractivity contribution is -0.123. The molecule has 132 valence electrons. The summed E-state index contributed by atoms with van der Waals surface area (Å²) < 4.78 is 5.25. The van der Waals surface area contributed by atoms with Crippen molar-refractivity contribution >= 4 is 11.9 Å². The van der Waals surface area contributed by atoms with Gasteiger partial charge in [-0.25, -0.2) is 4.79 Å². The Hall–Kier alpha value is -2.15. The van der Waals surface area contributed by atoms with Crippen LogP contribution in [0.1, 0.15) is 25.8 Å². The Kier molecular flexibility index (Phi) is 6.99. The normalized spacial score (nSPS) is 15.9. The van der Waals surface area contributed by atoms with Crippen LogP contribution in [0, 0.1) is 5.92 Å². The Labute approximate surface area is 142 Å². The zero-order valence-corrected chi connectivity index (χ0v) is 14.3. The van der Waals surface area contributed by atoms with Crippen LogP contribution in [-0.4, -0.2) is 54.2 Å². The highest BCUT2D eigenvalue weighted by molar-refractivity contribution is 5.87. The van der Waals surface area contributed by atoms with Gasteiger partial charge in [-0.05, 0) is 24.0 Å². The minimum absolute atomic E-state index is 0.172. The summed E-state index contributed by atoms with van der Waals surface area (Å²) in [7, 11) is 0. The van der Waals surface area contributed by atoms with Crippen LogP contribution in [0.4, 0.5) is 4.79 Å². The van der Waals surface area contributed by atoms with Gasteiger partial charge in [-0.2, -0.15) is 0 Å². The molecule has 2 N–H and O–H groups in total. The summed E-state index contributed by atoms with van der Waals surface area (Å²) in [6.45, 7) is 6.64. The number of amides is 3. The molecule has 0 unspecified atom stereocenters. The largest absolute Gasteiger partial charge is 0.378 e. The van der Waals surface area contributed by atoms with Crippen LogP contribution in [0.5, 0.6) is 0 Å². The summed E-state index contributed by atoms with van der Waals surface area (Å²) in [4.78, 5) is 30.5. The van der Waals surface area contributed by atoms with Gasteiger partial charge in [0.15, 0.2) is 0 Å². The Balaban J connectivity index is 1.90. The molecule has 2 heterocycles. The fourth-order valence-electron chi connectivity index (χ4n) is 2.52. The number of ether oxygens (including phenoxy) is 1. The number of rotatable bonds is 6. The zero-order chi connectivity index (χ0) is 17.4. The van der Waals surface area contributed by atoms with E-state index in [0.29, 0.717) is 45.2 Å². The summed E-state index contributed by atoms with van der Waals surface area (Å²) >= 11 is 0. The summed E-state index contributed by atoms with van der Waals surface area (Å²) in [6, 6.07) is 2.97. The molecule has 1 saturated heterocycles. The predicted octanol–water partition coefficient (Wildman–Crippen LogP) is 1.15. The maximum Gasteiger partial charge on any atom is 0.318 e. The fourth-order valence-corrected chi connectivity index (χ4v) is 2.52. The van der Waals surface area contributed by atoms with Crippen molar-refractivity contribution in [3.05, 3.63) is 30.1 Å². The smallest absolute Gasteiger partial charge is 0.318 e. The molecule has 3 amide bonds. The fraction of sp³-hybridized carbons (Fsp3) is 0.588. The number of morpholine rings is 1. The first kappa shape index (κ1) is 18.2. The number of hydrogen-bond donors (Lipinski definition) is 2. The Bertz CT molecular complexity index is 530. The van der Waals surface area contributed by atoms with E-state index in [9.17, 15) is 9.59 Å². The molecule has 2 rings (SSSR count). The van der Waals surface area contributed by atoms with Gasteiger partial charge in [-0.15, -0.1) is 0 Å². The number of nitrogens with one attached hydrogen (secondary N) is 2. The number of carbonyl (C=O) groups is 2. The molecule has 24 heavy (non-hydrogen) atoms. The van der Waals surface area contributed by atoms with Gasteiger partial charge in [-0.1, -0.05) is 19.9 Å². The van der Waals surface area contributed by atoms with Gasteiger partial charge in [0.2, 0.25) is 5.91 Å². The van der Waals surface area contributed by atoms with E-state index in [1.54, 1.807) is 17.3 Å². The third-order valence-electron chi connectivity index (χ3n) is 3.81. The molecule has 0 radical (unpaired) electrons. The van der Waals surface area contributed by atoms with Crippen molar-refractivity contribution in [2.24, 2.45) is 5.92 Å². The van der Waals surface area contributed by atoms with Crippen LogP contribution in [0.2, 0.25) is 0 Å². The van der Waals surface area contributed by atoms with Gasteiger partial charge < -0.3 is 20.3 Å². The van der Waals surface area contributed by atoms with Crippen molar-refractivity contribution in [1.29, 1.82) is 0 Å². The standard InChI is InChI=1S/C17H26N4O3/c1-13(2)10-15(20-17(23)21-6-8-24-9-7-21)16(22)19-12-14-4-3-5-18-11-14/h3-5,11,13,15H,6-10,12H2,1-2H3,(H,19,22)(H,20,23)/t15-/m1/s1. The van der Waals surface area contributed by atoms with Crippen LogP contribution < -0.4 is 10.6 Å². The van der Waals surface area contributed by atoms with Crippen molar-refractivity contribution in [2.75, 3.05) is 26.3 Å². The van der Waals surface area contributed by atoms with Crippen LogP contribution >= 0.6 is 0 Å². The average Bonchev–Trinajstić information content (AvgIpc) is 2.60. The second kappa shape index (κ2) is 9.22. The van der Waals surface area contributed by atoms with E-state index in [-0.39, 0.29) is 11.9 Å². The average molecular weight is 334 g/mol. The van der Waals surface area contributed by atoms with E-state index in [4.69, 9.17) is 4.74 Å². The topological polar surface area (TPSA) is 83.6 Å². The summed E-state index contributed by atoms with van der Waals surface area (Å²) in [5.74, 6) is 0.123. The number of urea groups is 1. The van der Waals surface area contributed by atoms with Gasteiger partial charge in [-0.3, -0.25) is 9.78 Å². The molecule has 0 bridgehead atoms. The summed E-state index contributed by atoms with van der Waals surface area (Å²) in [6.07, 6.45) is 3.99. The van der Waals surface area contributed by atoms with E-state index in [0.717, 1.165) is 5.56 Å². The lowest BCUT2D eigenvalue weighted by atomic mass is 10.0. The molecule has 1 aliphatic heterocycles. The van der Waals surface area contributed by atoms with Gasteiger partial charge in [0.1, 0.15) is 6.04 Å². The molecule has 0 saturated carbocycles. The maximum atomic E-state index is 12.5. The molecule has 0 spiro atoms. The highest BCUT2D eigenvalue weighted by Gasteiger charge is 2.25. The molecule has 1 aliphatic rings. The minimum Gasteiger partial charge on any atom is -0.378 e. The molecule has 1 fully saturated rings. The summed E-state index contributed by atoms with van der Waals surface area (Å²) in [5.41, 5.74) is 0.925. The van der Waals surface area contributed by atoms with E-state index < -0.39 is 6.04 Å². The third kappa shape index (κ3) is 5.81. The number of nitrogens with zero attached hydrogens (tertiary/aromatic N) is 2. The minimum atomic E-state index is -0.544. The Morgan fingerprint density at radius 2 is 2.08 bits per heavy atom. The Morgan fingerprint density at radius 1 is 1.33 bits per heavy atom. The number of aromatic nitrogens is 1. The number of carbonyl (C=O) groups excluding carboxylic acids is 2. The lowest BCUT2D eigenvalue weighted by Crippen LogP contribution is -2.53. The van der Waals surface area contributed by atoms with Crippen LogP contribution in [0.3, 0.4) is 0 Å². The van der Waals surface area contributed by atoms with Crippen molar-refractivity contribution in [3.8, 4) is 0 Å². The Morgan fingerprint density at radius 3 is 2.71 bits per heavy atom. The molecular weight excluding hydrogens is 308 g/mol. The van der Waals surface area contributed by atoms with E-state index >= 15 is 0 Å².